The summed E-state index contributed by atoms with van der Waals surface area (Å²) in [5.74, 6) is -2.39. The highest BCUT2D eigenvalue weighted by molar-refractivity contribution is 5.95. The second-order valence-corrected chi connectivity index (χ2v) is 23.3. The first kappa shape index (κ1) is 56.1. The zero-order valence-electron chi connectivity index (χ0n) is 44.9. The molecule has 2 aromatic rings. The Morgan fingerprint density at radius 1 is 0.625 bits per heavy atom. The van der Waals surface area contributed by atoms with Crippen molar-refractivity contribution in [1.82, 2.24) is 47.0 Å². The number of aryl methyl sites for hydroxylation is 2. The van der Waals surface area contributed by atoms with Gasteiger partial charge in [-0.15, -0.1) is 0 Å². The maximum atomic E-state index is 14.7. The molecular formula is C56H85N9O7. The van der Waals surface area contributed by atoms with Gasteiger partial charge < -0.3 is 47.0 Å². The average molecular weight is 996 g/mol. The van der Waals surface area contributed by atoms with Crippen LogP contribution in [0.5, 0.6) is 0 Å². The molecule has 0 aromatic heterocycles. The smallest absolute Gasteiger partial charge is 0.246 e. The molecule has 0 radical (unpaired) electrons. The molecule has 7 N–H and O–H groups in total. The third-order valence-electron chi connectivity index (χ3n) is 15.7. The molecule has 2 aliphatic heterocycles. The third kappa shape index (κ3) is 13.9. The highest BCUT2D eigenvalue weighted by atomic mass is 16.2. The Balaban J connectivity index is 1.14. The maximum Gasteiger partial charge on any atom is 0.246 e. The number of hydrogen-bond donors (Lipinski definition) is 7. The minimum atomic E-state index is -0.942. The highest BCUT2D eigenvalue weighted by Crippen LogP contribution is 2.35. The van der Waals surface area contributed by atoms with Gasteiger partial charge in [0.25, 0.3) is 0 Å². The first-order valence-electron chi connectivity index (χ1n) is 26.6. The van der Waals surface area contributed by atoms with Gasteiger partial charge in [0, 0.05) is 50.5 Å². The monoisotopic (exact) mass is 996 g/mol. The summed E-state index contributed by atoms with van der Waals surface area (Å²) in [6, 6.07) is 11.4. The summed E-state index contributed by atoms with van der Waals surface area (Å²) in [7, 11) is 3.54. The number of rotatable bonds is 19. The van der Waals surface area contributed by atoms with Crippen molar-refractivity contribution in [2.45, 2.75) is 193 Å². The summed E-state index contributed by atoms with van der Waals surface area (Å²) >= 11 is 0. The van der Waals surface area contributed by atoms with E-state index in [0.717, 1.165) is 49.7 Å². The van der Waals surface area contributed by atoms with Crippen LogP contribution in [0.2, 0.25) is 0 Å². The van der Waals surface area contributed by atoms with Crippen LogP contribution in [-0.4, -0.2) is 127 Å². The summed E-state index contributed by atoms with van der Waals surface area (Å²) in [5.41, 5.74) is 3.34. The SMILES string of the molecule is CN[C@@H](C)C(=O)N[C@H](C(=O)N1CC(CC(=O)CCC(=O)N[C@H]2C[C@@H](C(=O)NC3CCCc4ccccc43)N(C(=O)[C@@H](NC(C)[C@H](C)NC)C(C)(C)C)C2)C[C@H]1C(=O)NC1CCCc2ccccc21)C(C)(C)C. The molecule has 2 fully saturated rings. The van der Waals surface area contributed by atoms with Crippen LogP contribution in [-0.2, 0) is 46.4 Å². The number of ketones is 1. The lowest BCUT2D eigenvalue weighted by Gasteiger charge is -2.38. The summed E-state index contributed by atoms with van der Waals surface area (Å²) in [5, 5.41) is 22.3. The van der Waals surface area contributed by atoms with Crippen LogP contribution in [0.25, 0.3) is 0 Å². The van der Waals surface area contributed by atoms with E-state index in [4.69, 9.17) is 0 Å². The molecular weight excluding hydrogens is 911 g/mol. The van der Waals surface area contributed by atoms with Gasteiger partial charge in [-0.05, 0) is 125 Å². The Bertz CT molecular complexity index is 2270. The number of likely N-dealkylation sites (N-methyl/N-ethyl adjacent to an activating group) is 2. The van der Waals surface area contributed by atoms with E-state index in [2.05, 4.69) is 55.4 Å². The van der Waals surface area contributed by atoms with Crippen LogP contribution < -0.4 is 37.2 Å². The van der Waals surface area contributed by atoms with Crippen molar-refractivity contribution in [3.05, 3.63) is 70.8 Å². The van der Waals surface area contributed by atoms with E-state index in [0.29, 0.717) is 0 Å². The quantitative estimate of drug-likeness (QED) is 0.104. The van der Waals surface area contributed by atoms with Crippen LogP contribution in [0.15, 0.2) is 48.5 Å². The molecule has 0 saturated carbocycles. The number of benzene rings is 2. The van der Waals surface area contributed by atoms with Gasteiger partial charge >= 0.3 is 0 Å². The fraction of sp³-hybridized carbons (Fsp3) is 0.661. The van der Waals surface area contributed by atoms with Gasteiger partial charge in [-0.2, -0.15) is 0 Å². The summed E-state index contributed by atoms with van der Waals surface area (Å²) < 4.78 is 0. The van der Waals surface area contributed by atoms with Crippen LogP contribution in [0.4, 0.5) is 0 Å². The van der Waals surface area contributed by atoms with Gasteiger partial charge in [0.15, 0.2) is 0 Å². The van der Waals surface area contributed by atoms with Crippen molar-refractivity contribution in [3.8, 4) is 0 Å². The minimum Gasteiger partial charge on any atom is -0.351 e. The number of hydrogen-bond acceptors (Lipinski definition) is 10. The van der Waals surface area contributed by atoms with Crippen molar-refractivity contribution in [1.29, 1.82) is 0 Å². The zero-order valence-corrected chi connectivity index (χ0v) is 44.9. The van der Waals surface area contributed by atoms with Gasteiger partial charge in [-0.1, -0.05) is 90.1 Å². The normalized spacial score (nSPS) is 24.2. The number of Topliss-reactive ketones (excluding diaryl/α,β-unsaturated/α-hetero) is 1. The Hall–Kier alpha value is -5.19. The van der Waals surface area contributed by atoms with Crippen molar-refractivity contribution in [3.63, 3.8) is 0 Å². The topological polar surface area (TPSA) is 210 Å². The molecule has 11 atom stereocenters. The first-order valence-corrected chi connectivity index (χ1v) is 26.6. The molecule has 6 rings (SSSR count). The molecule has 6 amide bonds. The van der Waals surface area contributed by atoms with E-state index in [1.807, 2.05) is 92.8 Å². The number of likely N-dealkylation sites (tertiary alicyclic amines) is 2. The standard InChI is InChI=1S/C56H85N9O7/c1-33(57-10)34(2)59-48(55(4,5)6)53(71)65-32-39(30-46(65)52(70)62-44-25-17-21-38-19-13-15-23-42(38)44)60-47(67)27-26-40(66)28-36-29-45(51(69)61-43-24-16-20-37-18-12-14-22-41(37)43)64(31-36)54(72)49(56(7,8)9)63-50(68)35(3)58-11/h12-15,18-19,22-23,33-36,39,43-46,48-49,57-59H,16-17,20-21,24-32H2,1-11H3,(H,60,67)(H,61,69)(H,62,70)(H,63,68)/t33-,34?,35-,36?,39-,43?,44?,45-,46-,48+,49+/m0/s1. The number of fused-ring (bicyclic) bond motifs is 2. The van der Waals surface area contributed by atoms with E-state index in [-0.39, 0.29) is 117 Å². The molecule has 2 aliphatic carbocycles. The summed E-state index contributed by atoms with van der Waals surface area (Å²) in [6.45, 7) is 17.7. The zero-order chi connectivity index (χ0) is 52.7. The molecule has 16 nitrogen and oxygen atoms in total. The maximum absolute atomic E-state index is 14.7. The summed E-state index contributed by atoms with van der Waals surface area (Å²) in [6.07, 6.45) is 5.62. The molecule has 72 heavy (non-hydrogen) atoms. The van der Waals surface area contributed by atoms with Crippen LogP contribution in [0.1, 0.15) is 154 Å². The molecule has 396 valence electrons. The van der Waals surface area contributed by atoms with Crippen molar-refractivity contribution in [2.24, 2.45) is 16.7 Å². The molecule has 0 bridgehead atoms. The molecule has 2 saturated heterocycles. The molecule has 4 unspecified atom stereocenters. The lowest BCUT2D eigenvalue weighted by atomic mass is 9.84. The van der Waals surface area contributed by atoms with E-state index in [1.54, 1.807) is 23.8 Å². The van der Waals surface area contributed by atoms with E-state index >= 15 is 0 Å². The second-order valence-electron chi connectivity index (χ2n) is 23.3. The Morgan fingerprint density at radius 3 is 1.67 bits per heavy atom. The van der Waals surface area contributed by atoms with E-state index in [9.17, 15) is 33.6 Å². The predicted molar refractivity (Wildman–Crippen MR) is 279 cm³/mol. The Kier molecular flexibility index (Phi) is 18.9. The molecule has 0 spiro atoms. The van der Waals surface area contributed by atoms with Gasteiger partial charge in [0.2, 0.25) is 35.4 Å². The number of carbonyl (C=O) groups is 7. The fourth-order valence-corrected chi connectivity index (χ4v) is 11.0. The van der Waals surface area contributed by atoms with Gasteiger partial charge in [-0.3, -0.25) is 33.6 Å². The number of carbonyl (C=O) groups excluding carboxylic acids is 7. The van der Waals surface area contributed by atoms with E-state index in [1.165, 1.54) is 11.1 Å². The van der Waals surface area contributed by atoms with Gasteiger partial charge in [0.1, 0.15) is 23.9 Å². The second kappa shape index (κ2) is 24.2. The van der Waals surface area contributed by atoms with Crippen molar-refractivity contribution in [2.75, 3.05) is 27.2 Å². The lowest BCUT2D eigenvalue weighted by molar-refractivity contribution is -0.144. The fourth-order valence-electron chi connectivity index (χ4n) is 11.0. The number of nitrogens with zero attached hydrogens (tertiary/aromatic N) is 2. The van der Waals surface area contributed by atoms with E-state index < -0.39 is 47.1 Å². The third-order valence-corrected chi connectivity index (χ3v) is 15.7. The summed E-state index contributed by atoms with van der Waals surface area (Å²) in [4.78, 5) is 102. The predicted octanol–water partition coefficient (Wildman–Crippen LogP) is 4.56. The van der Waals surface area contributed by atoms with Crippen molar-refractivity contribution >= 4 is 41.2 Å². The van der Waals surface area contributed by atoms with Gasteiger partial charge in [0.05, 0.1) is 24.2 Å². The number of amides is 6. The highest BCUT2D eigenvalue weighted by Gasteiger charge is 2.48. The molecule has 16 heteroatoms. The Morgan fingerprint density at radius 2 is 1.14 bits per heavy atom. The molecule has 4 aliphatic rings. The largest absolute Gasteiger partial charge is 0.351 e. The van der Waals surface area contributed by atoms with Crippen molar-refractivity contribution < 1.29 is 33.6 Å². The molecule has 2 aromatic carbocycles. The first-order chi connectivity index (χ1) is 34.0. The Labute approximate surface area is 428 Å². The van der Waals surface area contributed by atoms with Crippen LogP contribution in [0, 0.1) is 16.7 Å². The average Bonchev–Trinajstić information content (AvgIpc) is 3.97. The van der Waals surface area contributed by atoms with Crippen LogP contribution in [0.3, 0.4) is 0 Å². The van der Waals surface area contributed by atoms with Gasteiger partial charge in [-0.25, -0.2) is 0 Å². The lowest BCUT2D eigenvalue weighted by Crippen LogP contribution is -2.60. The molecule has 2 heterocycles. The number of nitrogens with one attached hydrogen (secondary N) is 7. The van der Waals surface area contributed by atoms with Crippen LogP contribution >= 0.6 is 0 Å². The minimum absolute atomic E-state index is 0.0560.